The number of hydrogen-bond donors (Lipinski definition) is 2. The van der Waals surface area contributed by atoms with Crippen molar-refractivity contribution in [3.63, 3.8) is 0 Å². The van der Waals surface area contributed by atoms with Crippen LogP contribution in [0, 0.1) is 16.2 Å². The lowest BCUT2D eigenvalue weighted by Crippen LogP contribution is -2.01. The molecular formula is C13H7N3O4S. The van der Waals surface area contributed by atoms with Gasteiger partial charge in [-0.1, -0.05) is 0 Å². The molecule has 0 amide bonds. The first kappa shape index (κ1) is 14.4. The van der Waals surface area contributed by atoms with E-state index in [1.165, 1.54) is 28.3 Å². The number of aromatic nitrogens is 1. The lowest BCUT2D eigenvalue weighted by molar-refractivity contribution is 0.103. The maximum Gasteiger partial charge on any atom is 0.222 e. The minimum Gasteiger partial charge on any atom is -0.504 e. The summed E-state index contributed by atoms with van der Waals surface area (Å²) in [5.41, 5.74) is 1.16. The Hall–Kier alpha value is -3.05. The number of rotatable bonds is 4. The summed E-state index contributed by atoms with van der Waals surface area (Å²) in [7, 11) is 0. The number of ketones is 1. The lowest BCUT2D eigenvalue weighted by Gasteiger charge is -2.02. The molecule has 2 N–H and O–H groups in total. The number of phenolic OH excluding ortho intramolecular Hbond substituents is 2. The molecule has 0 saturated heterocycles. The highest BCUT2D eigenvalue weighted by atomic mass is 32.1. The van der Waals surface area contributed by atoms with Crippen LogP contribution < -0.4 is 0 Å². The monoisotopic (exact) mass is 301 g/mol. The molecule has 104 valence electrons. The van der Waals surface area contributed by atoms with Crippen LogP contribution in [0.15, 0.2) is 33.8 Å². The second-order valence-corrected chi connectivity index (χ2v) is 4.59. The van der Waals surface area contributed by atoms with Gasteiger partial charge in [-0.3, -0.25) is 4.79 Å². The van der Waals surface area contributed by atoms with Gasteiger partial charge < -0.3 is 10.2 Å². The van der Waals surface area contributed by atoms with Crippen molar-refractivity contribution in [2.24, 2.45) is 5.18 Å². The van der Waals surface area contributed by atoms with Crippen molar-refractivity contribution < 1.29 is 15.0 Å². The molecule has 2 aromatic rings. The number of phenols is 2. The van der Waals surface area contributed by atoms with Crippen molar-refractivity contribution in [3.8, 4) is 17.6 Å². The van der Waals surface area contributed by atoms with E-state index in [1.54, 1.807) is 6.07 Å². The number of thiazole rings is 1. The molecule has 0 aliphatic rings. The van der Waals surface area contributed by atoms with Gasteiger partial charge in [-0.2, -0.15) is 5.26 Å². The van der Waals surface area contributed by atoms with E-state index >= 15 is 0 Å². The molecular weight excluding hydrogens is 294 g/mol. The highest BCUT2D eigenvalue weighted by Gasteiger charge is 2.15. The molecule has 0 bridgehead atoms. The Labute approximate surface area is 122 Å². The highest BCUT2D eigenvalue weighted by molar-refractivity contribution is 7.07. The zero-order valence-electron chi connectivity index (χ0n) is 10.3. The largest absolute Gasteiger partial charge is 0.504 e. The van der Waals surface area contributed by atoms with Gasteiger partial charge in [-0.15, -0.1) is 16.2 Å². The average molecular weight is 301 g/mol. The summed E-state index contributed by atoms with van der Waals surface area (Å²) < 4.78 is 0. The summed E-state index contributed by atoms with van der Waals surface area (Å²) in [6.45, 7) is 0. The van der Waals surface area contributed by atoms with Crippen LogP contribution in [-0.4, -0.2) is 21.0 Å². The van der Waals surface area contributed by atoms with Crippen LogP contribution in [-0.2, 0) is 0 Å². The molecule has 0 radical (unpaired) electrons. The second-order valence-electron chi connectivity index (χ2n) is 3.87. The smallest absolute Gasteiger partial charge is 0.222 e. The van der Waals surface area contributed by atoms with E-state index in [-0.39, 0.29) is 22.5 Å². The van der Waals surface area contributed by atoms with Crippen molar-refractivity contribution >= 4 is 28.9 Å². The summed E-state index contributed by atoms with van der Waals surface area (Å²) in [5, 5.41) is 31.9. The van der Waals surface area contributed by atoms with Crippen LogP contribution in [0.3, 0.4) is 0 Å². The molecule has 1 aromatic carbocycles. The Morgan fingerprint density at radius 1 is 1.43 bits per heavy atom. The Bertz CT molecular complexity index is 775. The SMILES string of the molecule is N#C/C(=C\c1cc(O)c(O)c(N=O)c1)C(=O)c1cscn1. The molecule has 7 nitrogen and oxygen atoms in total. The van der Waals surface area contributed by atoms with Crippen LogP contribution in [0.25, 0.3) is 6.08 Å². The first-order valence-electron chi connectivity index (χ1n) is 5.51. The Morgan fingerprint density at radius 2 is 2.19 bits per heavy atom. The fraction of sp³-hybridized carbons (Fsp3) is 0. The molecule has 8 heteroatoms. The molecule has 0 fully saturated rings. The van der Waals surface area contributed by atoms with Gasteiger partial charge >= 0.3 is 0 Å². The number of nitriles is 1. The van der Waals surface area contributed by atoms with Crippen molar-refractivity contribution in [1.29, 1.82) is 5.26 Å². The van der Waals surface area contributed by atoms with Crippen LogP contribution in [0.5, 0.6) is 11.5 Å². The van der Waals surface area contributed by atoms with Gasteiger partial charge in [0.05, 0.1) is 5.51 Å². The summed E-state index contributed by atoms with van der Waals surface area (Å²) in [4.78, 5) is 26.3. The van der Waals surface area contributed by atoms with Gasteiger partial charge in [0.1, 0.15) is 17.3 Å². The fourth-order valence-electron chi connectivity index (χ4n) is 1.56. The zero-order valence-corrected chi connectivity index (χ0v) is 11.2. The molecule has 21 heavy (non-hydrogen) atoms. The van der Waals surface area contributed by atoms with Crippen molar-refractivity contribution in [2.75, 3.05) is 0 Å². The maximum atomic E-state index is 12.0. The van der Waals surface area contributed by atoms with Crippen LogP contribution in [0.4, 0.5) is 5.69 Å². The third kappa shape index (κ3) is 2.93. The topological polar surface area (TPSA) is 124 Å². The van der Waals surface area contributed by atoms with Gasteiger partial charge in [0, 0.05) is 5.38 Å². The molecule has 0 atom stereocenters. The average Bonchev–Trinajstić information content (AvgIpc) is 3.01. The normalized spacial score (nSPS) is 10.9. The summed E-state index contributed by atoms with van der Waals surface area (Å²) >= 11 is 1.21. The molecule has 0 aliphatic heterocycles. The van der Waals surface area contributed by atoms with Crippen molar-refractivity contribution in [1.82, 2.24) is 4.98 Å². The van der Waals surface area contributed by atoms with Crippen LogP contribution in [0.1, 0.15) is 16.1 Å². The predicted octanol–water partition coefficient (Wildman–Crippen LogP) is 2.74. The lowest BCUT2D eigenvalue weighted by atomic mass is 10.1. The molecule has 2 rings (SSSR count). The summed E-state index contributed by atoms with van der Waals surface area (Å²) in [6, 6.07) is 3.99. The zero-order chi connectivity index (χ0) is 15.4. The van der Waals surface area contributed by atoms with Crippen LogP contribution in [0.2, 0.25) is 0 Å². The van der Waals surface area contributed by atoms with Crippen molar-refractivity contribution in [2.45, 2.75) is 0 Å². The van der Waals surface area contributed by atoms with E-state index in [9.17, 15) is 19.9 Å². The van der Waals surface area contributed by atoms with E-state index in [4.69, 9.17) is 5.26 Å². The van der Waals surface area contributed by atoms with Gasteiger partial charge in [0.25, 0.3) is 0 Å². The quantitative estimate of drug-likeness (QED) is 0.294. The minimum atomic E-state index is -0.661. The summed E-state index contributed by atoms with van der Waals surface area (Å²) in [6.07, 6.45) is 1.18. The van der Waals surface area contributed by atoms with E-state index in [0.717, 1.165) is 12.1 Å². The number of Topliss-reactive ketones (excluding diaryl/α,β-unsaturated/α-hetero) is 1. The second kappa shape index (κ2) is 5.94. The van der Waals surface area contributed by atoms with Crippen molar-refractivity contribution in [3.05, 3.63) is 44.8 Å². The first-order valence-corrected chi connectivity index (χ1v) is 6.45. The minimum absolute atomic E-state index is 0.129. The third-order valence-corrected chi connectivity index (χ3v) is 3.12. The molecule has 0 saturated carbocycles. The standard InChI is InChI=1S/C13H7N3O4S/c14-4-8(12(18)10-5-21-6-15-10)1-7-2-9(16-20)13(19)11(17)3-7/h1-3,5-6,17,19H/b8-1+. The van der Waals surface area contributed by atoms with Crippen LogP contribution >= 0.6 is 11.3 Å². The molecule has 1 heterocycles. The number of nitroso groups, excluding NO2 is 1. The van der Waals surface area contributed by atoms with E-state index in [2.05, 4.69) is 10.2 Å². The Morgan fingerprint density at radius 3 is 2.76 bits per heavy atom. The molecule has 0 aliphatic carbocycles. The van der Waals surface area contributed by atoms with Gasteiger partial charge in [0.2, 0.25) is 5.78 Å². The number of carbonyl (C=O) groups is 1. The van der Waals surface area contributed by atoms with Gasteiger partial charge in [-0.05, 0) is 28.9 Å². The van der Waals surface area contributed by atoms with Gasteiger partial charge in [-0.25, -0.2) is 4.98 Å². The predicted molar refractivity (Wildman–Crippen MR) is 75.3 cm³/mol. The Kier molecular flexibility index (Phi) is 4.06. The first-order chi connectivity index (χ1) is 10.1. The molecule has 1 aromatic heterocycles. The van der Waals surface area contributed by atoms with Gasteiger partial charge in [0.15, 0.2) is 17.2 Å². The summed E-state index contributed by atoms with van der Waals surface area (Å²) in [5.74, 6) is -1.81. The third-order valence-electron chi connectivity index (χ3n) is 2.53. The number of carbonyl (C=O) groups excluding carboxylic acids is 1. The maximum absolute atomic E-state index is 12.0. The van der Waals surface area contributed by atoms with E-state index in [1.807, 2.05) is 0 Å². The van der Waals surface area contributed by atoms with E-state index in [0.29, 0.717) is 0 Å². The number of allylic oxidation sites excluding steroid dienone is 1. The number of benzene rings is 1. The fourth-order valence-corrected chi connectivity index (χ4v) is 2.09. The van der Waals surface area contributed by atoms with E-state index < -0.39 is 17.3 Å². The number of hydrogen-bond acceptors (Lipinski definition) is 8. The molecule has 0 unspecified atom stereocenters. The number of aromatic hydroxyl groups is 2. The Balaban J connectivity index is 2.46. The highest BCUT2D eigenvalue weighted by Crippen LogP contribution is 2.37. The number of nitrogens with zero attached hydrogens (tertiary/aromatic N) is 3. The molecule has 0 spiro atoms.